The number of hydrogen-bond acceptors (Lipinski definition) is 6. The second-order valence-electron chi connectivity index (χ2n) is 2.48. The Morgan fingerprint density at radius 2 is 1.56 bits per heavy atom. The lowest BCUT2D eigenvalue weighted by atomic mass is 10.9. The van der Waals surface area contributed by atoms with E-state index in [1.54, 1.807) is 26.1 Å². The predicted octanol–water partition coefficient (Wildman–Crippen LogP) is 2.12. The molecule has 1 N–H and O–H groups in total. The summed E-state index contributed by atoms with van der Waals surface area (Å²) in [6.07, 6.45) is -0.980. The fourth-order valence-corrected chi connectivity index (χ4v) is 2.03. The molecule has 0 spiro atoms. The Bertz CT molecular complexity index is 282. The summed E-state index contributed by atoms with van der Waals surface area (Å²) < 4.78 is 25.7. The third kappa shape index (κ3) is 4.74. The molecule has 0 heterocycles. The lowest BCUT2D eigenvalue weighted by Crippen LogP contribution is -2.30. The van der Waals surface area contributed by atoms with Crippen LogP contribution in [0.5, 0.6) is 0 Å². The molecule has 0 radical (unpaired) electrons. The summed E-state index contributed by atoms with van der Waals surface area (Å²) in [5, 5.41) is 1.78. The Balaban J connectivity index is 4.50. The van der Waals surface area contributed by atoms with Gasteiger partial charge in [0.1, 0.15) is 0 Å². The van der Waals surface area contributed by atoms with Crippen LogP contribution in [0.2, 0.25) is 0 Å². The number of alkyl carbamates (subject to hydrolysis) is 1. The van der Waals surface area contributed by atoms with Crippen LogP contribution >= 0.6 is 7.60 Å². The van der Waals surface area contributed by atoms with Gasteiger partial charge in [-0.05, 0) is 20.8 Å². The molecule has 0 aliphatic rings. The Hall–Kier alpha value is -0.910. The van der Waals surface area contributed by atoms with Gasteiger partial charge in [-0.15, -0.1) is 0 Å². The van der Waals surface area contributed by atoms with Gasteiger partial charge in [-0.2, -0.15) is 0 Å². The van der Waals surface area contributed by atoms with Crippen LogP contribution in [0.25, 0.3) is 0 Å². The molecule has 16 heavy (non-hydrogen) atoms. The van der Waals surface area contributed by atoms with Gasteiger partial charge in [0, 0.05) is 0 Å². The fraction of sp³-hybridized carbons (Fsp3) is 0.750. The maximum absolute atomic E-state index is 11.8. The highest BCUT2D eigenvalue weighted by Crippen LogP contribution is 2.48. The molecular weight excluding hydrogens is 237 g/mol. The van der Waals surface area contributed by atoms with Crippen LogP contribution < -0.4 is 5.32 Å². The van der Waals surface area contributed by atoms with E-state index < -0.39 is 19.3 Å². The molecule has 94 valence electrons. The van der Waals surface area contributed by atoms with Crippen molar-refractivity contribution in [1.29, 1.82) is 0 Å². The van der Waals surface area contributed by atoms with Gasteiger partial charge in [0.25, 0.3) is 0 Å². The SMILES string of the molecule is CCOC(=O)NC(=O)P(=O)(OCC)OCC. The molecular formula is C8H16NO6P. The third-order valence-electron chi connectivity index (χ3n) is 1.33. The molecule has 8 heteroatoms. The highest BCUT2D eigenvalue weighted by atomic mass is 31.2. The first-order chi connectivity index (χ1) is 7.50. The summed E-state index contributed by atoms with van der Waals surface area (Å²) >= 11 is 0. The highest BCUT2D eigenvalue weighted by Gasteiger charge is 2.35. The number of carbonyl (C=O) groups is 2. The molecule has 2 amide bonds. The van der Waals surface area contributed by atoms with E-state index >= 15 is 0 Å². The van der Waals surface area contributed by atoms with E-state index in [4.69, 9.17) is 9.05 Å². The van der Waals surface area contributed by atoms with E-state index in [-0.39, 0.29) is 19.8 Å². The van der Waals surface area contributed by atoms with Gasteiger partial charge in [-0.3, -0.25) is 10.1 Å². The lowest BCUT2D eigenvalue weighted by Gasteiger charge is -2.15. The van der Waals surface area contributed by atoms with Crippen LogP contribution in [0, 0.1) is 0 Å². The monoisotopic (exact) mass is 253 g/mol. The van der Waals surface area contributed by atoms with E-state index in [0.717, 1.165) is 0 Å². The number of rotatable bonds is 6. The second-order valence-corrected chi connectivity index (χ2v) is 4.40. The number of carbonyl (C=O) groups excluding carboxylic acids is 2. The molecule has 0 fully saturated rings. The molecule has 0 aromatic carbocycles. The number of ether oxygens (including phenoxy) is 1. The first-order valence-corrected chi connectivity index (χ1v) is 6.41. The first-order valence-electron chi connectivity index (χ1n) is 4.87. The third-order valence-corrected chi connectivity index (χ3v) is 3.14. The van der Waals surface area contributed by atoms with Crippen molar-refractivity contribution in [3.8, 4) is 0 Å². The summed E-state index contributed by atoms with van der Waals surface area (Å²) in [6.45, 7) is 4.87. The Morgan fingerprint density at radius 3 is 1.94 bits per heavy atom. The number of amides is 2. The Labute approximate surface area is 94.0 Å². The normalized spacial score (nSPS) is 10.9. The molecule has 0 bridgehead atoms. The molecule has 0 aromatic heterocycles. The summed E-state index contributed by atoms with van der Waals surface area (Å²) in [4.78, 5) is 22.3. The summed E-state index contributed by atoms with van der Waals surface area (Å²) in [5.41, 5.74) is -1.12. The summed E-state index contributed by atoms with van der Waals surface area (Å²) in [6, 6.07) is 0. The fourth-order valence-electron chi connectivity index (χ4n) is 0.817. The van der Waals surface area contributed by atoms with Crippen LogP contribution in [0.15, 0.2) is 0 Å². The molecule has 0 aliphatic heterocycles. The second kappa shape index (κ2) is 7.38. The predicted molar refractivity (Wildman–Crippen MR) is 56.4 cm³/mol. The first kappa shape index (κ1) is 15.1. The number of imide groups is 1. The van der Waals surface area contributed by atoms with Crippen LogP contribution in [0.4, 0.5) is 9.59 Å². The maximum Gasteiger partial charge on any atom is 0.418 e. The van der Waals surface area contributed by atoms with Crippen LogP contribution in [0.1, 0.15) is 20.8 Å². The zero-order chi connectivity index (χ0) is 12.6. The molecule has 0 atom stereocenters. The molecule has 0 unspecified atom stereocenters. The number of nitrogens with one attached hydrogen (secondary N) is 1. The minimum atomic E-state index is -3.94. The lowest BCUT2D eigenvalue weighted by molar-refractivity contribution is 0.152. The van der Waals surface area contributed by atoms with Gasteiger partial charge in [0.15, 0.2) is 0 Å². The smallest absolute Gasteiger partial charge is 0.418 e. The van der Waals surface area contributed by atoms with Gasteiger partial charge in [0.05, 0.1) is 19.8 Å². The number of hydrogen-bond donors (Lipinski definition) is 1. The molecule has 0 saturated heterocycles. The summed E-state index contributed by atoms with van der Waals surface area (Å²) in [5.74, 6) is 0. The average Bonchev–Trinajstić information content (AvgIpc) is 2.18. The van der Waals surface area contributed by atoms with E-state index in [1.807, 2.05) is 0 Å². The van der Waals surface area contributed by atoms with Crippen molar-refractivity contribution >= 4 is 19.3 Å². The minimum absolute atomic E-state index is 0.0352. The molecule has 0 aromatic rings. The van der Waals surface area contributed by atoms with Gasteiger partial charge >= 0.3 is 19.3 Å². The maximum atomic E-state index is 11.8. The average molecular weight is 253 g/mol. The van der Waals surface area contributed by atoms with Crippen molar-refractivity contribution in [3.63, 3.8) is 0 Å². The van der Waals surface area contributed by atoms with Gasteiger partial charge in [-0.1, -0.05) is 0 Å². The highest BCUT2D eigenvalue weighted by molar-refractivity contribution is 7.71. The molecule has 0 aliphatic carbocycles. The van der Waals surface area contributed by atoms with E-state index in [2.05, 4.69) is 4.74 Å². The van der Waals surface area contributed by atoms with E-state index in [0.29, 0.717) is 0 Å². The van der Waals surface area contributed by atoms with Crippen molar-refractivity contribution in [1.82, 2.24) is 5.32 Å². The Morgan fingerprint density at radius 1 is 1.06 bits per heavy atom. The minimum Gasteiger partial charge on any atom is -0.450 e. The molecule has 0 saturated carbocycles. The largest absolute Gasteiger partial charge is 0.450 e. The topological polar surface area (TPSA) is 90.9 Å². The van der Waals surface area contributed by atoms with Crippen LogP contribution in [-0.2, 0) is 18.3 Å². The van der Waals surface area contributed by atoms with Gasteiger partial charge < -0.3 is 13.8 Å². The van der Waals surface area contributed by atoms with E-state index in [1.165, 1.54) is 0 Å². The van der Waals surface area contributed by atoms with Gasteiger partial charge in [0.2, 0.25) is 0 Å². The van der Waals surface area contributed by atoms with Crippen molar-refractivity contribution in [2.75, 3.05) is 19.8 Å². The van der Waals surface area contributed by atoms with Crippen LogP contribution in [0.3, 0.4) is 0 Å². The summed E-state index contributed by atoms with van der Waals surface area (Å²) in [7, 11) is -3.94. The van der Waals surface area contributed by atoms with Crippen LogP contribution in [-0.4, -0.2) is 31.6 Å². The van der Waals surface area contributed by atoms with E-state index in [9.17, 15) is 14.2 Å². The molecule has 0 rings (SSSR count). The zero-order valence-electron chi connectivity index (χ0n) is 9.52. The van der Waals surface area contributed by atoms with Crippen molar-refractivity contribution in [2.45, 2.75) is 20.8 Å². The standard InChI is InChI=1S/C8H16NO6P/c1-4-13-7(10)9-8(11)16(12,14-5-2)15-6-3/h4-6H2,1-3H3,(H,9,10,11). The van der Waals surface area contributed by atoms with Crippen molar-refractivity contribution < 1.29 is 27.9 Å². The van der Waals surface area contributed by atoms with Crippen molar-refractivity contribution in [2.24, 2.45) is 0 Å². The van der Waals surface area contributed by atoms with Gasteiger partial charge in [-0.25, -0.2) is 9.36 Å². The van der Waals surface area contributed by atoms with Crippen molar-refractivity contribution in [3.05, 3.63) is 0 Å². The zero-order valence-corrected chi connectivity index (χ0v) is 10.4. The quantitative estimate of drug-likeness (QED) is 0.729. The molecule has 7 nitrogen and oxygen atoms in total. The Kier molecular flexibility index (Phi) is 6.96.